The molecule has 1 saturated heterocycles. The van der Waals surface area contributed by atoms with Gasteiger partial charge in [-0.25, -0.2) is 9.36 Å². The number of ether oxygens (including phenoxy) is 1. The van der Waals surface area contributed by atoms with Gasteiger partial charge in [-0.3, -0.25) is 9.05 Å². The molecule has 1 fully saturated rings. The van der Waals surface area contributed by atoms with Crippen molar-refractivity contribution >= 4 is 13.9 Å². The van der Waals surface area contributed by atoms with Gasteiger partial charge >= 0.3 is 13.9 Å². The SMILES string of the molecule is COP(=O)(OCC1CCCN1C)Oc1ccc(COC(N)=O)cc1. The van der Waals surface area contributed by atoms with Gasteiger partial charge in [0, 0.05) is 13.2 Å². The van der Waals surface area contributed by atoms with Gasteiger partial charge in [-0.05, 0) is 44.1 Å². The molecular weight excluding hydrogens is 335 g/mol. The fourth-order valence-electron chi connectivity index (χ4n) is 2.41. The van der Waals surface area contributed by atoms with Gasteiger partial charge in [0.05, 0.1) is 6.61 Å². The van der Waals surface area contributed by atoms with Crippen LogP contribution in [-0.4, -0.2) is 44.3 Å². The Hall–Kier alpha value is -1.60. The first-order chi connectivity index (χ1) is 11.4. The molecule has 24 heavy (non-hydrogen) atoms. The van der Waals surface area contributed by atoms with Crippen molar-refractivity contribution in [3.05, 3.63) is 29.8 Å². The van der Waals surface area contributed by atoms with E-state index in [1.807, 2.05) is 7.05 Å². The van der Waals surface area contributed by atoms with E-state index in [4.69, 9.17) is 19.3 Å². The van der Waals surface area contributed by atoms with E-state index in [1.54, 1.807) is 24.3 Å². The van der Waals surface area contributed by atoms with Crippen LogP contribution in [0.15, 0.2) is 24.3 Å². The number of amides is 1. The van der Waals surface area contributed by atoms with Crippen LogP contribution in [0, 0.1) is 0 Å². The van der Waals surface area contributed by atoms with Gasteiger partial charge < -0.3 is 19.9 Å². The molecule has 9 heteroatoms. The zero-order valence-corrected chi connectivity index (χ0v) is 14.7. The van der Waals surface area contributed by atoms with E-state index >= 15 is 0 Å². The molecule has 1 aromatic rings. The summed E-state index contributed by atoms with van der Waals surface area (Å²) >= 11 is 0. The summed E-state index contributed by atoms with van der Waals surface area (Å²) in [6.07, 6.45) is 1.25. The molecule has 2 atom stereocenters. The Kier molecular flexibility index (Phi) is 6.62. The monoisotopic (exact) mass is 358 g/mol. The fraction of sp³-hybridized carbons (Fsp3) is 0.533. The molecule has 8 nitrogen and oxygen atoms in total. The van der Waals surface area contributed by atoms with Crippen molar-refractivity contribution in [2.45, 2.75) is 25.5 Å². The highest BCUT2D eigenvalue weighted by molar-refractivity contribution is 7.48. The smallest absolute Gasteiger partial charge is 0.445 e. The average molecular weight is 358 g/mol. The van der Waals surface area contributed by atoms with Gasteiger partial charge in [0.25, 0.3) is 0 Å². The number of phosphoric acid groups is 1. The maximum atomic E-state index is 12.5. The van der Waals surface area contributed by atoms with Gasteiger partial charge in [-0.1, -0.05) is 12.1 Å². The second-order valence-corrected chi connectivity index (χ2v) is 7.25. The number of primary amides is 1. The van der Waals surface area contributed by atoms with Crippen LogP contribution in [0.5, 0.6) is 5.75 Å². The lowest BCUT2D eigenvalue weighted by atomic mass is 10.2. The maximum absolute atomic E-state index is 12.5. The molecular formula is C15H23N2O6P. The highest BCUT2D eigenvalue weighted by Gasteiger charge is 2.30. The largest absolute Gasteiger partial charge is 0.529 e. The lowest BCUT2D eigenvalue weighted by Gasteiger charge is -2.22. The summed E-state index contributed by atoms with van der Waals surface area (Å²) in [5.74, 6) is 0.336. The second-order valence-electron chi connectivity index (χ2n) is 5.55. The van der Waals surface area contributed by atoms with E-state index in [0.29, 0.717) is 5.75 Å². The molecule has 0 spiro atoms. The van der Waals surface area contributed by atoms with Crippen LogP contribution in [-0.2, 0) is 25.0 Å². The van der Waals surface area contributed by atoms with Crippen molar-refractivity contribution in [3.63, 3.8) is 0 Å². The number of likely N-dealkylation sites (N-methyl/N-ethyl adjacent to an activating group) is 1. The minimum Gasteiger partial charge on any atom is -0.445 e. The molecule has 134 valence electrons. The third kappa shape index (κ3) is 5.49. The predicted octanol–water partition coefficient (Wildman–Crippen LogP) is 2.53. The van der Waals surface area contributed by atoms with Crippen molar-refractivity contribution in [1.29, 1.82) is 0 Å². The summed E-state index contributed by atoms with van der Waals surface area (Å²) in [6.45, 7) is 1.34. The van der Waals surface area contributed by atoms with Crippen LogP contribution >= 0.6 is 7.82 Å². The summed E-state index contributed by atoms with van der Waals surface area (Å²) < 4.78 is 33.0. The Morgan fingerprint density at radius 1 is 1.38 bits per heavy atom. The Balaban J connectivity index is 1.90. The highest BCUT2D eigenvalue weighted by atomic mass is 31.2. The molecule has 1 aromatic carbocycles. The van der Waals surface area contributed by atoms with Crippen LogP contribution in [0.2, 0.25) is 0 Å². The molecule has 0 bridgehead atoms. The van der Waals surface area contributed by atoms with Gasteiger partial charge in [0.2, 0.25) is 0 Å². The highest BCUT2D eigenvalue weighted by Crippen LogP contribution is 2.49. The minimum atomic E-state index is -3.68. The number of carbonyl (C=O) groups is 1. The number of nitrogens with zero attached hydrogens (tertiary/aromatic N) is 1. The van der Waals surface area contributed by atoms with E-state index in [-0.39, 0.29) is 19.3 Å². The van der Waals surface area contributed by atoms with Crippen LogP contribution < -0.4 is 10.3 Å². The fourth-order valence-corrected chi connectivity index (χ4v) is 3.38. The van der Waals surface area contributed by atoms with Crippen molar-refractivity contribution in [2.75, 3.05) is 27.3 Å². The Bertz CT molecular complexity index is 594. The predicted molar refractivity (Wildman–Crippen MR) is 87.7 cm³/mol. The number of hydrogen-bond donors (Lipinski definition) is 1. The number of rotatable bonds is 8. The topological polar surface area (TPSA) is 100 Å². The summed E-state index contributed by atoms with van der Waals surface area (Å²) in [6, 6.07) is 6.74. The van der Waals surface area contributed by atoms with E-state index < -0.39 is 13.9 Å². The molecule has 1 aliphatic heterocycles. The summed E-state index contributed by atoms with van der Waals surface area (Å²) in [5, 5.41) is 0. The summed E-state index contributed by atoms with van der Waals surface area (Å²) in [7, 11) is -0.387. The average Bonchev–Trinajstić information content (AvgIpc) is 2.97. The molecule has 2 rings (SSSR count). The van der Waals surface area contributed by atoms with E-state index in [2.05, 4.69) is 9.64 Å². The first-order valence-electron chi connectivity index (χ1n) is 7.63. The van der Waals surface area contributed by atoms with Gasteiger partial charge in [-0.15, -0.1) is 0 Å². The lowest BCUT2D eigenvalue weighted by molar-refractivity contribution is 0.138. The molecule has 0 saturated carbocycles. The van der Waals surface area contributed by atoms with Gasteiger partial charge in [-0.2, -0.15) is 0 Å². The van der Waals surface area contributed by atoms with E-state index in [9.17, 15) is 9.36 Å². The molecule has 2 unspecified atom stereocenters. The van der Waals surface area contributed by atoms with Crippen LogP contribution in [0.25, 0.3) is 0 Å². The van der Waals surface area contributed by atoms with E-state index in [0.717, 1.165) is 24.9 Å². The standard InChI is InChI=1S/C15H23N2O6P/c1-17-9-3-4-13(17)11-22-24(19,20-2)23-14-7-5-12(6-8-14)10-21-15(16)18/h5-8,13H,3-4,9-11H2,1-2H3,(H2,16,18). The van der Waals surface area contributed by atoms with Crippen LogP contribution in [0.1, 0.15) is 18.4 Å². The maximum Gasteiger partial charge on any atom is 0.529 e. The Morgan fingerprint density at radius 2 is 2.08 bits per heavy atom. The molecule has 0 radical (unpaired) electrons. The molecule has 1 heterocycles. The molecule has 0 aliphatic carbocycles. The third-order valence-electron chi connectivity index (χ3n) is 3.84. The molecule has 0 aromatic heterocycles. The minimum absolute atomic E-state index is 0.0576. The Labute approximate surface area is 141 Å². The number of carbonyl (C=O) groups excluding carboxylic acids is 1. The van der Waals surface area contributed by atoms with Crippen LogP contribution in [0.4, 0.5) is 4.79 Å². The summed E-state index contributed by atoms with van der Waals surface area (Å²) in [4.78, 5) is 12.7. The Morgan fingerprint density at radius 3 is 2.62 bits per heavy atom. The zero-order valence-electron chi connectivity index (χ0n) is 13.8. The lowest BCUT2D eigenvalue weighted by Crippen LogP contribution is -2.29. The number of likely N-dealkylation sites (tertiary alicyclic amines) is 1. The normalized spacial score (nSPS) is 20.5. The van der Waals surface area contributed by atoms with E-state index in [1.165, 1.54) is 7.11 Å². The zero-order chi connectivity index (χ0) is 17.6. The molecule has 1 aliphatic rings. The third-order valence-corrected chi connectivity index (χ3v) is 5.19. The number of nitrogens with two attached hydrogens (primary N) is 1. The molecule has 2 N–H and O–H groups in total. The van der Waals surface area contributed by atoms with Gasteiger partial charge in [0.1, 0.15) is 12.4 Å². The second kappa shape index (κ2) is 8.48. The van der Waals surface area contributed by atoms with Crippen molar-refractivity contribution < 1.29 is 27.7 Å². The number of phosphoric ester groups is 1. The van der Waals surface area contributed by atoms with Crippen molar-refractivity contribution in [2.24, 2.45) is 5.73 Å². The van der Waals surface area contributed by atoms with Crippen molar-refractivity contribution in [1.82, 2.24) is 4.90 Å². The first kappa shape index (κ1) is 18.7. The van der Waals surface area contributed by atoms with Crippen LogP contribution in [0.3, 0.4) is 0 Å². The summed E-state index contributed by atoms with van der Waals surface area (Å²) in [5.41, 5.74) is 5.63. The first-order valence-corrected chi connectivity index (χ1v) is 9.09. The quantitative estimate of drug-likeness (QED) is 0.713. The van der Waals surface area contributed by atoms with Crippen molar-refractivity contribution in [3.8, 4) is 5.75 Å². The number of benzene rings is 1. The van der Waals surface area contributed by atoms with Gasteiger partial charge in [0.15, 0.2) is 0 Å². The number of hydrogen-bond acceptors (Lipinski definition) is 7. The molecule has 1 amide bonds.